The highest BCUT2D eigenvalue weighted by atomic mass is 16.1. The summed E-state index contributed by atoms with van der Waals surface area (Å²) in [7, 11) is 0. The van der Waals surface area contributed by atoms with E-state index in [0.29, 0.717) is 6.54 Å². The molecule has 14 heavy (non-hydrogen) atoms. The molecule has 80 valence electrons. The summed E-state index contributed by atoms with van der Waals surface area (Å²) in [6.07, 6.45) is 5.99. The lowest BCUT2D eigenvalue weighted by atomic mass is 10.1. The molecule has 0 aliphatic carbocycles. The van der Waals surface area contributed by atoms with E-state index in [1.807, 2.05) is 27.7 Å². The van der Waals surface area contributed by atoms with Crippen molar-refractivity contribution in [2.45, 2.75) is 45.7 Å². The molecule has 0 aliphatic rings. The molecule has 0 aromatic carbocycles. The summed E-state index contributed by atoms with van der Waals surface area (Å²) in [6, 6.07) is -0.149. The third kappa shape index (κ3) is 6.50. The van der Waals surface area contributed by atoms with E-state index in [1.165, 1.54) is 0 Å². The Bertz CT molecular complexity index is 222. The van der Waals surface area contributed by atoms with Gasteiger partial charge in [-0.2, -0.15) is 0 Å². The van der Waals surface area contributed by atoms with Crippen molar-refractivity contribution in [3.63, 3.8) is 0 Å². The van der Waals surface area contributed by atoms with Crippen molar-refractivity contribution in [2.24, 2.45) is 0 Å². The lowest BCUT2D eigenvalue weighted by molar-refractivity contribution is -0.120. The molecule has 0 bridgehead atoms. The first-order valence-electron chi connectivity index (χ1n) is 4.89. The first-order valence-corrected chi connectivity index (χ1v) is 4.89. The predicted octanol–water partition coefficient (Wildman–Crippen LogP) is 0.902. The maximum atomic E-state index is 11.3. The zero-order valence-corrected chi connectivity index (χ0v) is 9.48. The van der Waals surface area contributed by atoms with Crippen molar-refractivity contribution >= 4 is 5.91 Å². The van der Waals surface area contributed by atoms with Gasteiger partial charge in [0.25, 0.3) is 0 Å². The number of carbonyl (C=O) groups excluding carboxylic acids is 1. The highest BCUT2D eigenvalue weighted by Crippen LogP contribution is 1.97. The molecule has 2 N–H and O–H groups in total. The molecule has 0 rings (SSSR count). The van der Waals surface area contributed by atoms with Gasteiger partial charge in [0, 0.05) is 5.54 Å². The van der Waals surface area contributed by atoms with E-state index in [9.17, 15) is 4.79 Å². The maximum absolute atomic E-state index is 11.3. The van der Waals surface area contributed by atoms with E-state index in [1.54, 1.807) is 0 Å². The van der Waals surface area contributed by atoms with Crippen LogP contribution in [0.1, 0.15) is 34.1 Å². The molecule has 0 fully saturated rings. The lowest BCUT2D eigenvalue weighted by Crippen LogP contribution is -2.45. The zero-order chi connectivity index (χ0) is 11.2. The molecule has 1 atom stereocenters. The second kappa shape index (κ2) is 5.66. The fourth-order valence-electron chi connectivity index (χ4n) is 0.852. The number of amides is 1. The molecule has 0 radical (unpaired) electrons. The van der Waals surface area contributed by atoms with Crippen LogP contribution in [-0.2, 0) is 4.79 Å². The molecule has 0 saturated heterocycles. The zero-order valence-electron chi connectivity index (χ0n) is 9.48. The molecule has 0 heterocycles. The third-order valence-corrected chi connectivity index (χ3v) is 1.72. The second-order valence-electron chi connectivity index (χ2n) is 4.30. The monoisotopic (exact) mass is 196 g/mol. The summed E-state index contributed by atoms with van der Waals surface area (Å²) < 4.78 is 0. The van der Waals surface area contributed by atoms with Crippen molar-refractivity contribution in [3.8, 4) is 12.3 Å². The highest BCUT2D eigenvalue weighted by Gasteiger charge is 2.12. The smallest absolute Gasteiger partial charge is 0.234 e. The van der Waals surface area contributed by atoms with Crippen LogP contribution in [0.5, 0.6) is 0 Å². The largest absolute Gasteiger partial charge is 0.341 e. The van der Waals surface area contributed by atoms with E-state index < -0.39 is 0 Å². The first kappa shape index (κ1) is 13.0. The molecular formula is C11H20N2O. The van der Waals surface area contributed by atoms with Crippen LogP contribution in [0.2, 0.25) is 0 Å². The number of hydrogen-bond donors (Lipinski definition) is 2. The second-order valence-corrected chi connectivity index (χ2v) is 4.30. The van der Waals surface area contributed by atoms with Crippen LogP contribution in [0.4, 0.5) is 0 Å². The Labute approximate surface area is 86.6 Å². The Balaban J connectivity index is 3.83. The van der Waals surface area contributed by atoms with Crippen molar-refractivity contribution in [3.05, 3.63) is 0 Å². The maximum Gasteiger partial charge on any atom is 0.234 e. The molecule has 3 heteroatoms. The number of carbonyl (C=O) groups is 1. The van der Waals surface area contributed by atoms with Gasteiger partial charge in [-0.05, 0) is 27.2 Å². The fraction of sp³-hybridized carbons (Fsp3) is 0.727. The lowest BCUT2D eigenvalue weighted by Gasteiger charge is -2.20. The fourth-order valence-corrected chi connectivity index (χ4v) is 0.852. The quantitative estimate of drug-likeness (QED) is 0.656. The van der Waals surface area contributed by atoms with Crippen molar-refractivity contribution in [2.75, 3.05) is 6.54 Å². The van der Waals surface area contributed by atoms with Gasteiger partial charge in [0.05, 0.1) is 12.6 Å². The van der Waals surface area contributed by atoms with E-state index in [2.05, 4.69) is 16.6 Å². The summed E-state index contributed by atoms with van der Waals surface area (Å²) in [6.45, 7) is 8.29. The SMILES string of the molecule is C#CC(CC)NC(=O)CNC(C)(C)C. The summed E-state index contributed by atoms with van der Waals surface area (Å²) >= 11 is 0. The Kier molecular flexibility index (Phi) is 5.26. The van der Waals surface area contributed by atoms with E-state index in [-0.39, 0.29) is 17.5 Å². The first-order chi connectivity index (χ1) is 6.39. The van der Waals surface area contributed by atoms with Gasteiger partial charge in [-0.1, -0.05) is 12.8 Å². The normalized spacial score (nSPS) is 13.1. The van der Waals surface area contributed by atoms with Gasteiger partial charge >= 0.3 is 0 Å². The Hall–Kier alpha value is -1.01. The van der Waals surface area contributed by atoms with Gasteiger partial charge in [-0.15, -0.1) is 6.42 Å². The average Bonchev–Trinajstić information content (AvgIpc) is 2.09. The topological polar surface area (TPSA) is 41.1 Å². The van der Waals surface area contributed by atoms with E-state index >= 15 is 0 Å². The number of rotatable bonds is 4. The minimum atomic E-state index is -0.149. The highest BCUT2D eigenvalue weighted by molar-refractivity contribution is 5.78. The molecule has 0 aromatic rings. The summed E-state index contributed by atoms with van der Waals surface area (Å²) in [5, 5.41) is 5.85. The van der Waals surface area contributed by atoms with Gasteiger partial charge in [0.2, 0.25) is 5.91 Å². The molecule has 0 spiro atoms. The number of nitrogens with one attached hydrogen (secondary N) is 2. The van der Waals surface area contributed by atoms with Crippen LogP contribution < -0.4 is 10.6 Å². The van der Waals surface area contributed by atoms with Crippen LogP contribution >= 0.6 is 0 Å². The number of hydrogen-bond acceptors (Lipinski definition) is 2. The Morgan fingerprint density at radius 3 is 2.43 bits per heavy atom. The Morgan fingerprint density at radius 1 is 1.50 bits per heavy atom. The minimum absolute atomic E-state index is 0.0464. The predicted molar refractivity (Wildman–Crippen MR) is 58.8 cm³/mol. The van der Waals surface area contributed by atoms with E-state index in [0.717, 1.165) is 6.42 Å². The Morgan fingerprint density at radius 2 is 2.07 bits per heavy atom. The van der Waals surface area contributed by atoms with Crippen LogP contribution in [0.25, 0.3) is 0 Å². The van der Waals surface area contributed by atoms with Crippen LogP contribution in [0.3, 0.4) is 0 Å². The van der Waals surface area contributed by atoms with Gasteiger partial charge in [0.15, 0.2) is 0 Å². The molecule has 1 unspecified atom stereocenters. The van der Waals surface area contributed by atoms with Gasteiger partial charge in [-0.25, -0.2) is 0 Å². The molecule has 0 saturated carbocycles. The molecule has 0 aliphatic heterocycles. The van der Waals surface area contributed by atoms with Gasteiger partial charge < -0.3 is 10.6 Å². The molecule has 0 aromatic heterocycles. The van der Waals surface area contributed by atoms with Crippen LogP contribution in [0, 0.1) is 12.3 Å². The number of terminal acetylenes is 1. The van der Waals surface area contributed by atoms with Crippen molar-refractivity contribution in [1.29, 1.82) is 0 Å². The minimum Gasteiger partial charge on any atom is -0.341 e. The third-order valence-electron chi connectivity index (χ3n) is 1.72. The molecule has 3 nitrogen and oxygen atoms in total. The summed E-state index contributed by atoms with van der Waals surface area (Å²) in [5.74, 6) is 2.47. The summed E-state index contributed by atoms with van der Waals surface area (Å²) in [4.78, 5) is 11.3. The van der Waals surface area contributed by atoms with Gasteiger partial charge in [-0.3, -0.25) is 4.79 Å². The standard InChI is InChI=1S/C11H20N2O/c1-6-9(7-2)13-10(14)8-12-11(3,4)5/h1,9,12H,7-8H2,2-5H3,(H,13,14). The average molecular weight is 196 g/mol. The van der Waals surface area contributed by atoms with Crippen molar-refractivity contribution in [1.82, 2.24) is 10.6 Å². The van der Waals surface area contributed by atoms with Gasteiger partial charge in [0.1, 0.15) is 0 Å². The van der Waals surface area contributed by atoms with Crippen LogP contribution in [0.15, 0.2) is 0 Å². The molecule has 1 amide bonds. The van der Waals surface area contributed by atoms with Crippen molar-refractivity contribution < 1.29 is 4.79 Å². The van der Waals surface area contributed by atoms with Crippen LogP contribution in [-0.4, -0.2) is 24.0 Å². The summed E-state index contributed by atoms with van der Waals surface area (Å²) in [5.41, 5.74) is -0.0464. The van der Waals surface area contributed by atoms with E-state index in [4.69, 9.17) is 6.42 Å². The molecular weight excluding hydrogens is 176 g/mol.